The van der Waals surface area contributed by atoms with Crippen LogP contribution in [0.1, 0.15) is 30.5 Å². The normalized spacial score (nSPS) is 32.4. The van der Waals surface area contributed by atoms with Crippen molar-refractivity contribution >= 4 is 23.7 Å². The van der Waals surface area contributed by atoms with Crippen LogP contribution in [0.5, 0.6) is 0 Å². The average Bonchev–Trinajstić information content (AvgIpc) is 3.33. The van der Waals surface area contributed by atoms with Crippen molar-refractivity contribution in [1.29, 1.82) is 0 Å². The van der Waals surface area contributed by atoms with E-state index in [0.717, 1.165) is 21.6 Å². The molecule has 3 saturated heterocycles. The van der Waals surface area contributed by atoms with E-state index < -0.39 is 110 Å². The van der Waals surface area contributed by atoms with Gasteiger partial charge in [-0.1, -0.05) is 90.1 Å². The molecule has 0 unspecified atom stereocenters. The zero-order valence-electron chi connectivity index (χ0n) is 38.7. The second kappa shape index (κ2) is 25.7. The van der Waals surface area contributed by atoms with Gasteiger partial charge in [-0.25, -0.2) is 0 Å². The van der Waals surface area contributed by atoms with E-state index in [-0.39, 0.29) is 26.4 Å². The molecule has 0 radical (unpaired) electrons. The van der Waals surface area contributed by atoms with Crippen LogP contribution in [0, 0.1) is 6.92 Å². The van der Waals surface area contributed by atoms with Crippen LogP contribution < -0.4 is 0 Å². The lowest BCUT2D eigenvalue weighted by atomic mass is 9.95. The molecule has 364 valence electrons. The summed E-state index contributed by atoms with van der Waals surface area (Å²) >= 11 is 1.46. The first-order valence-electron chi connectivity index (χ1n) is 21.9. The summed E-state index contributed by atoms with van der Waals surface area (Å²) in [7, 11) is 7.40. The average molecular weight is 945 g/mol. The molecular formula is C48H64O17S. The Balaban J connectivity index is 1.35. The van der Waals surface area contributed by atoms with Crippen molar-refractivity contribution in [2.75, 3.05) is 55.4 Å². The number of esters is 2. The Hall–Kier alpha value is -3.57. The quantitative estimate of drug-likeness (QED) is 0.140. The van der Waals surface area contributed by atoms with Crippen LogP contribution in [0.2, 0.25) is 0 Å². The highest BCUT2D eigenvalue weighted by molar-refractivity contribution is 7.99. The monoisotopic (exact) mass is 944 g/mol. The van der Waals surface area contributed by atoms with Gasteiger partial charge >= 0.3 is 11.9 Å². The van der Waals surface area contributed by atoms with E-state index in [1.807, 2.05) is 91.9 Å². The van der Waals surface area contributed by atoms with Gasteiger partial charge in [0.2, 0.25) is 0 Å². The van der Waals surface area contributed by atoms with Crippen molar-refractivity contribution in [3.05, 3.63) is 102 Å². The first kappa shape index (κ1) is 51.8. The highest BCUT2D eigenvalue weighted by Crippen LogP contribution is 2.41. The van der Waals surface area contributed by atoms with E-state index in [1.54, 1.807) is 0 Å². The van der Waals surface area contributed by atoms with Gasteiger partial charge in [0.1, 0.15) is 91.9 Å². The number of hydrogen-bond acceptors (Lipinski definition) is 18. The van der Waals surface area contributed by atoms with E-state index in [1.165, 1.54) is 61.2 Å². The maximum absolute atomic E-state index is 12.4. The van der Waals surface area contributed by atoms with Crippen molar-refractivity contribution in [3.8, 4) is 0 Å². The Bertz CT molecular complexity index is 1890. The molecule has 3 aliphatic rings. The Labute approximate surface area is 390 Å². The van der Waals surface area contributed by atoms with Gasteiger partial charge in [-0.05, 0) is 30.2 Å². The first-order chi connectivity index (χ1) is 32.0. The van der Waals surface area contributed by atoms with Crippen molar-refractivity contribution in [1.82, 2.24) is 0 Å². The molecule has 6 rings (SSSR count). The lowest BCUT2D eigenvalue weighted by molar-refractivity contribution is -0.379. The molecule has 3 aromatic carbocycles. The topological polar surface area (TPSA) is 184 Å². The summed E-state index contributed by atoms with van der Waals surface area (Å²) in [5, 5.41) is 11.0. The number of aryl methyl sites for hydroxylation is 1. The summed E-state index contributed by atoms with van der Waals surface area (Å²) in [4.78, 5) is 25.2. The van der Waals surface area contributed by atoms with Crippen LogP contribution in [-0.2, 0) is 89.1 Å². The van der Waals surface area contributed by atoms with E-state index in [2.05, 4.69) is 0 Å². The molecule has 0 amide bonds. The number of aliphatic hydroxyl groups is 1. The predicted molar refractivity (Wildman–Crippen MR) is 237 cm³/mol. The Kier molecular flexibility index (Phi) is 20.2. The molecule has 1 N–H and O–H groups in total. The lowest BCUT2D eigenvalue weighted by Crippen LogP contribution is -2.67. The Morgan fingerprint density at radius 1 is 0.530 bits per heavy atom. The fraction of sp³-hybridized carbons (Fsp3) is 0.583. The molecule has 3 fully saturated rings. The molecule has 3 aliphatic heterocycles. The first-order valence-corrected chi connectivity index (χ1v) is 22.7. The van der Waals surface area contributed by atoms with E-state index in [4.69, 9.17) is 66.3 Å². The number of benzene rings is 3. The van der Waals surface area contributed by atoms with Crippen LogP contribution >= 0.6 is 11.8 Å². The van der Waals surface area contributed by atoms with Gasteiger partial charge in [-0.2, -0.15) is 0 Å². The molecule has 0 bridgehead atoms. The molecule has 15 atom stereocenters. The zero-order valence-corrected chi connectivity index (χ0v) is 39.5. The number of ether oxygens (including phenoxy) is 14. The molecule has 0 aliphatic carbocycles. The summed E-state index contributed by atoms with van der Waals surface area (Å²) in [6, 6.07) is 27.5. The van der Waals surface area contributed by atoms with Crippen LogP contribution in [-0.4, -0.2) is 164 Å². The van der Waals surface area contributed by atoms with Gasteiger partial charge < -0.3 is 71.4 Å². The Morgan fingerprint density at radius 3 is 1.44 bits per heavy atom. The van der Waals surface area contributed by atoms with E-state index in [0.29, 0.717) is 0 Å². The molecule has 0 aromatic heterocycles. The zero-order chi connectivity index (χ0) is 47.2. The van der Waals surface area contributed by atoms with Gasteiger partial charge in [-0.15, -0.1) is 0 Å². The molecule has 18 heteroatoms. The minimum atomic E-state index is -1.25. The predicted octanol–water partition coefficient (Wildman–Crippen LogP) is 4.40. The van der Waals surface area contributed by atoms with Gasteiger partial charge in [-0.3, -0.25) is 9.59 Å². The van der Waals surface area contributed by atoms with E-state index >= 15 is 0 Å². The fourth-order valence-corrected chi connectivity index (χ4v) is 9.50. The third-order valence-corrected chi connectivity index (χ3v) is 12.8. The van der Waals surface area contributed by atoms with Gasteiger partial charge in [0, 0.05) is 54.3 Å². The molecular weight excluding hydrogens is 881 g/mol. The number of methoxy groups -OCH3 is 5. The van der Waals surface area contributed by atoms with Crippen LogP contribution in [0.15, 0.2) is 89.8 Å². The number of aliphatic hydroxyl groups excluding tert-OH is 1. The van der Waals surface area contributed by atoms with E-state index in [9.17, 15) is 14.7 Å². The second-order valence-corrected chi connectivity index (χ2v) is 17.2. The Morgan fingerprint density at radius 2 is 0.970 bits per heavy atom. The number of thioether (sulfide) groups is 1. The van der Waals surface area contributed by atoms with Crippen molar-refractivity contribution in [2.24, 2.45) is 0 Å². The summed E-state index contributed by atoms with van der Waals surface area (Å²) in [5.41, 5.74) is 2.24. The third kappa shape index (κ3) is 13.4. The lowest BCUT2D eigenvalue weighted by Gasteiger charge is -2.51. The minimum Gasteiger partial charge on any atom is -0.463 e. The summed E-state index contributed by atoms with van der Waals surface area (Å²) < 4.78 is 87.8. The summed E-state index contributed by atoms with van der Waals surface area (Å²) in [6.07, 6.45) is -13.3. The number of rotatable bonds is 22. The van der Waals surface area contributed by atoms with Crippen molar-refractivity contribution in [2.45, 2.75) is 130 Å². The SMILES string of the molecule is CO[C@@H]1[C@@H](OC)[C@@H](O[C@H]2[C@H](OC)[C@@H](OC)[C@H](O[C@H]3[C@H](OCc4ccccc4)[C@@H](OCc4ccccc4)[C@H](Sc4ccc(C)cc4)O[C@@H]3COC(C)=O)O[C@@H]2CO)O[C@H](COC(C)=O)[C@H]1OC. The standard InChI is InChI=1S/C48H64O17S/c1-28-19-21-33(22-20-28)66-48-45(60-25-32-17-13-10-14-18-32)42(59-24-31-15-11-9-12-16-31)39(36(63-48)27-58-30(3)51)65-46-44(56-8)41(54-6)38(34(23-49)61-46)64-47-43(55-7)40(53-5)37(52-4)35(62-47)26-57-29(2)50/h9-22,34-49H,23-27H2,1-8H3/t34-,35-,36-,37-,38-,39-,40+,41+,42+,43-,44-,45-,46+,47-,48+/m1/s1. The minimum absolute atomic E-state index is 0.162. The maximum atomic E-state index is 12.4. The highest BCUT2D eigenvalue weighted by atomic mass is 32.2. The largest absolute Gasteiger partial charge is 0.463 e. The fourth-order valence-electron chi connectivity index (χ4n) is 8.37. The van der Waals surface area contributed by atoms with Crippen LogP contribution in [0.4, 0.5) is 0 Å². The van der Waals surface area contributed by atoms with Crippen LogP contribution in [0.3, 0.4) is 0 Å². The smallest absolute Gasteiger partial charge is 0.302 e. The molecule has 17 nitrogen and oxygen atoms in total. The number of carbonyl (C=O) groups is 2. The number of hydrogen-bond donors (Lipinski definition) is 1. The van der Waals surface area contributed by atoms with Gasteiger partial charge in [0.25, 0.3) is 0 Å². The molecule has 3 aromatic rings. The summed E-state index contributed by atoms with van der Waals surface area (Å²) in [6.45, 7) is 4.09. The van der Waals surface area contributed by atoms with Crippen molar-refractivity contribution < 1.29 is 81.0 Å². The van der Waals surface area contributed by atoms with Gasteiger partial charge in [0.15, 0.2) is 12.6 Å². The van der Waals surface area contributed by atoms with Crippen molar-refractivity contribution in [3.63, 3.8) is 0 Å². The third-order valence-electron chi connectivity index (χ3n) is 11.6. The van der Waals surface area contributed by atoms with Gasteiger partial charge in [0.05, 0.1) is 19.8 Å². The molecule has 0 spiro atoms. The molecule has 3 heterocycles. The van der Waals surface area contributed by atoms with Crippen LogP contribution in [0.25, 0.3) is 0 Å². The molecule has 66 heavy (non-hydrogen) atoms. The summed E-state index contributed by atoms with van der Waals surface area (Å²) in [5.74, 6) is -1.03. The molecule has 0 saturated carbocycles. The second-order valence-electron chi connectivity index (χ2n) is 16.1. The highest BCUT2D eigenvalue weighted by Gasteiger charge is 2.56. The maximum Gasteiger partial charge on any atom is 0.302 e. The number of carbonyl (C=O) groups excluding carboxylic acids is 2.